The Labute approximate surface area is 303 Å². The van der Waals surface area contributed by atoms with Crippen LogP contribution in [0.25, 0.3) is 0 Å². The number of carbonyl (C=O) groups is 7. The second-order valence-corrected chi connectivity index (χ2v) is 10.3. The van der Waals surface area contributed by atoms with Crippen molar-refractivity contribution in [1.82, 2.24) is 0 Å². The van der Waals surface area contributed by atoms with E-state index < -0.39 is 52.6 Å². The van der Waals surface area contributed by atoms with Crippen LogP contribution in [0, 0.1) is 10.8 Å². The minimum absolute atomic E-state index is 0.156. The Balaban J connectivity index is -0.000000219. The molecule has 52 heavy (non-hydrogen) atoms. The fraction of sp³-hybridized carbons (Fsp3) is 0.400. The molecule has 0 saturated carbocycles. The van der Waals surface area contributed by atoms with Crippen LogP contribution in [0.5, 0.6) is 0 Å². The third kappa shape index (κ3) is 32.9. The van der Waals surface area contributed by atoms with Gasteiger partial charge in [0.1, 0.15) is 31.8 Å². The summed E-state index contributed by atoms with van der Waals surface area (Å²) in [6.45, 7) is 26.7. The quantitative estimate of drug-likeness (QED) is 0.0628. The van der Waals surface area contributed by atoms with Crippen LogP contribution in [0.4, 0.5) is 0 Å². The lowest BCUT2D eigenvalue weighted by Crippen LogP contribution is -2.43. The zero-order valence-electron chi connectivity index (χ0n) is 30.1. The molecule has 294 valence electrons. The number of aliphatic hydroxyl groups excluding tert-OH is 3. The van der Waals surface area contributed by atoms with Crippen molar-refractivity contribution in [2.75, 3.05) is 46.2 Å². The standard InChI is InChI=1S/C17H20O8.C6H14O3.3C4H6O2/c1-5-13(18)22-9-17(10-23-14(19)6-2,11-24-15(20)7-3)12-25-16(21)8-4;1-2-6(3-7,4-8)5-9;3*1-3(2)4(5)6/h5-8H,1-4,9-12H2;7-9H,2-5H2,1H3;3*1H2,2H3,(H,5,6). The first-order valence-corrected chi connectivity index (χ1v) is 14.7. The summed E-state index contributed by atoms with van der Waals surface area (Å²) in [5.41, 5.74) is -1.48. The van der Waals surface area contributed by atoms with Gasteiger partial charge in [-0.3, -0.25) is 0 Å². The molecule has 0 rings (SSSR count). The van der Waals surface area contributed by atoms with Gasteiger partial charge in [-0.2, -0.15) is 0 Å². The van der Waals surface area contributed by atoms with Crippen LogP contribution in [0.15, 0.2) is 87.1 Å². The summed E-state index contributed by atoms with van der Waals surface area (Å²) in [5.74, 6) is -5.84. The Hall–Kier alpha value is -5.65. The van der Waals surface area contributed by atoms with Gasteiger partial charge in [0.25, 0.3) is 0 Å². The lowest BCUT2D eigenvalue weighted by atomic mass is 9.88. The summed E-state index contributed by atoms with van der Waals surface area (Å²) in [6, 6.07) is 0. The fourth-order valence-corrected chi connectivity index (χ4v) is 1.87. The average Bonchev–Trinajstić information content (AvgIpc) is 3.12. The molecule has 0 atom stereocenters. The molecule has 0 fully saturated rings. The highest BCUT2D eigenvalue weighted by Crippen LogP contribution is 2.22. The van der Waals surface area contributed by atoms with Gasteiger partial charge in [-0.15, -0.1) is 0 Å². The van der Waals surface area contributed by atoms with E-state index in [9.17, 15) is 33.6 Å². The molecule has 0 radical (unpaired) electrons. The molecule has 0 aliphatic rings. The van der Waals surface area contributed by atoms with E-state index in [0.717, 1.165) is 24.3 Å². The van der Waals surface area contributed by atoms with Crippen LogP contribution in [-0.4, -0.2) is 119 Å². The Kier molecular flexibility index (Phi) is 34.9. The fourth-order valence-electron chi connectivity index (χ4n) is 1.87. The third-order valence-corrected chi connectivity index (χ3v) is 5.60. The Morgan fingerprint density at radius 3 is 0.731 bits per heavy atom. The number of aliphatic hydroxyl groups is 3. The minimum atomic E-state index is -1.34. The first-order chi connectivity index (χ1) is 24.0. The highest BCUT2D eigenvalue weighted by Gasteiger charge is 2.37. The summed E-state index contributed by atoms with van der Waals surface area (Å²) in [4.78, 5) is 74.1. The molecule has 0 aromatic rings. The summed E-state index contributed by atoms with van der Waals surface area (Å²) < 4.78 is 19.8. The van der Waals surface area contributed by atoms with Crippen LogP contribution < -0.4 is 0 Å². The maximum Gasteiger partial charge on any atom is 0.330 e. The van der Waals surface area contributed by atoms with Crippen LogP contribution in [0.3, 0.4) is 0 Å². The van der Waals surface area contributed by atoms with Crippen molar-refractivity contribution in [3.05, 3.63) is 87.1 Å². The summed E-state index contributed by atoms with van der Waals surface area (Å²) in [6.07, 6.45) is 4.28. The normalized spacial score (nSPS) is 9.44. The molecule has 17 nitrogen and oxygen atoms in total. The molecule has 0 bridgehead atoms. The second-order valence-electron chi connectivity index (χ2n) is 10.3. The summed E-state index contributed by atoms with van der Waals surface area (Å²) in [7, 11) is 0. The third-order valence-electron chi connectivity index (χ3n) is 5.60. The molecule has 0 aromatic heterocycles. The number of ether oxygens (including phenoxy) is 4. The molecule has 0 unspecified atom stereocenters. The first-order valence-electron chi connectivity index (χ1n) is 14.7. The number of carboxylic acids is 3. The zero-order chi connectivity index (χ0) is 42.1. The van der Waals surface area contributed by atoms with E-state index in [1.165, 1.54) is 20.8 Å². The molecule has 0 aromatic carbocycles. The molecular formula is C35H52O17. The van der Waals surface area contributed by atoms with E-state index >= 15 is 0 Å². The van der Waals surface area contributed by atoms with Crippen molar-refractivity contribution >= 4 is 41.8 Å². The summed E-state index contributed by atoms with van der Waals surface area (Å²) in [5, 5.41) is 49.6. The number of rotatable bonds is 19. The molecule has 0 heterocycles. The first kappa shape index (κ1) is 55.8. The van der Waals surface area contributed by atoms with Crippen LogP contribution in [0.2, 0.25) is 0 Å². The van der Waals surface area contributed by atoms with Crippen LogP contribution in [0.1, 0.15) is 34.1 Å². The summed E-state index contributed by atoms with van der Waals surface area (Å²) >= 11 is 0. The van der Waals surface area contributed by atoms with Gasteiger partial charge in [0.2, 0.25) is 0 Å². The number of carboxylic acid groups (broad SMARTS) is 3. The molecule has 6 N–H and O–H groups in total. The monoisotopic (exact) mass is 744 g/mol. The zero-order valence-corrected chi connectivity index (χ0v) is 30.1. The number of aliphatic carboxylic acids is 3. The van der Waals surface area contributed by atoms with E-state index in [0.29, 0.717) is 6.42 Å². The molecule has 0 aliphatic heterocycles. The SMILES string of the molecule is C=C(C)C(=O)O.C=C(C)C(=O)O.C=C(C)C(=O)O.C=CC(=O)OCC(COC(=O)C=C)(COC(=O)C=C)COC(=O)C=C.CCC(CO)(CO)CO. The maximum atomic E-state index is 11.3. The van der Waals surface area contributed by atoms with Gasteiger partial charge in [0, 0.05) is 46.4 Å². The predicted octanol–water partition coefficient (Wildman–Crippen LogP) is 2.19. The van der Waals surface area contributed by atoms with Crippen molar-refractivity contribution < 1.29 is 83.1 Å². The van der Waals surface area contributed by atoms with Gasteiger partial charge in [0.05, 0.1) is 19.8 Å². The van der Waals surface area contributed by atoms with Crippen molar-refractivity contribution in [1.29, 1.82) is 0 Å². The number of esters is 4. The lowest BCUT2D eigenvalue weighted by molar-refractivity contribution is -0.164. The number of hydrogen-bond donors (Lipinski definition) is 6. The Morgan fingerprint density at radius 1 is 0.481 bits per heavy atom. The van der Waals surface area contributed by atoms with Crippen molar-refractivity contribution in [2.24, 2.45) is 10.8 Å². The highest BCUT2D eigenvalue weighted by atomic mass is 16.6. The predicted molar refractivity (Wildman–Crippen MR) is 188 cm³/mol. The van der Waals surface area contributed by atoms with Crippen molar-refractivity contribution in [3.63, 3.8) is 0 Å². The molecule has 0 saturated heterocycles. The molecular weight excluding hydrogens is 692 g/mol. The van der Waals surface area contributed by atoms with Crippen LogP contribution >= 0.6 is 0 Å². The average molecular weight is 745 g/mol. The van der Waals surface area contributed by atoms with Crippen molar-refractivity contribution in [2.45, 2.75) is 34.1 Å². The topological polar surface area (TPSA) is 278 Å². The lowest BCUT2D eigenvalue weighted by Gasteiger charge is -2.31. The van der Waals surface area contributed by atoms with Gasteiger partial charge in [-0.1, -0.05) is 53.0 Å². The molecule has 0 amide bonds. The molecule has 0 aliphatic carbocycles. The highest BCUT2D eigenvalue weighted by molar-refractivity contribution is 5.86. The van der Waals surface area contributed by atoms with Gasteiger partial charge < -0.3 is 49.6 Å². The Morgan fingerprint density at radius 2 is 0.654 bits per heavy atom. The second kappa shape index (κ2) is 32.5. The largest absolute Gasteiger partial charge is 0.478 e. The van der Waals surface area contributed by atoms with Gasteiger partial charge in [-0.25, -0.2) is 33.6 Å². The number of hydrogen-bond acceptors (Lipinski definition) is 14. The van der Waals surface area contributed by atoms with Gasteiger partial charge in [-0.05, 0) is 27.2 Å². The van der Waals surface area contributed by atoms with Crippen molar-refractivity contribution in [3.8, 4) is 0 Å². The molecule has 17 heteroatoms. The maximum absolute atomic E-state index is 11.3. The Bertz CT molecular complexity index is 1040. The van der Waals surface area contributed by atoms with E-state index in [4.69, 9.17) is 49.6 Å². The van der Waals surface area contributed by atoms with E-state index in [2.05, 4.69) is 46.1 Å². The van der Waals surface area contributed by atoms with Crippen LogP contribution in [-0.2, 0) is 52.5 Å². The smallest absolute Gasteiger partial charge is 0.330 e. The van der Waals surface area contributed by atoms with E-state index in [1.54, 1.807) is 0 Å². The number of carbonyl (C=O) groups excluding carboxylic acids is 4. The van der Waals surface area contributed by atoms with E-state index in [-0.39, 0.29) is 63.0 Å². The van der Waals surface area contributed by atoms with Gasteiger partial charge >= 0.3 is 41.8 Å². The van der Waals surface area contributed by atoms with E-state index in [1.807, 2.05) is 6.92 Å². The minimum Gasteiger partial charge on any atom is -0.478 e. The van der Waals surface area contributed by atoms with Gasteiger partial charge in [0.15, 0.2) is 0 Å². The molecule has 0 spiro atoms.